The summed E-state index contributed by atoms with van der Waals surface area (Å²) in [5, 5.41) is 0. The van der Waals surface area contributed by atoms with Crippen molar-refractivity contribution in [2.45, 2.75) is 11.6 Å². The van der Waals surface area contributed by atoms with Crippen molar-refractivity contribution in [3.63, 3.8) is 0 Å². The molecule has 2 heteroatoms. The van der Waals surface area contributed by atoms with Crippen molar-refractivity contribution in [2.24, 2.45) is 4.99 Å². The van der Waals surface area contributed by atoms with Crippen LogP contribution in [0.4, 0.5) is 0 Å². The zero-order valence-corrected chi connectivity index (χ0v) is 16.0. The van der Waals surface area contributed by atoms with Crippen LogP contribution in [0.3, 0.4) is 0 Å². The molecule has 4 aromatic rings. The van der Waals surface area contributed by atoms with E-state index < -0.39 is 5.60 Å². The molecule has 0 aromatic heterocycles. The van der Waals surface area contributed by atoms with Crippen molar-refractivity contribution in [1.29, 1.82) is 0 Å². The number of hydrogen-bond acceptors (Lipinski definition) is 2. The standard InChI is InChI=1S/C27H21NO/c1-5-13-21(14-6-1)25-27(23-17-9-3-10-18-23,24-19-11-4-12-20-24)29-26(28-25)22-15-7-2-8-16-22/h1-20,25H/t25-/m0/s1. The van der Waals surface area contributed by atoms with E-state index in [1.807, 2.05) is 48.5 Å². The van der Waals surface area contributed by atoms with E-state index in [-0.39, 0.29) is 6.04 Å². The minimum Gasteiger partial charge on any atom is -0.458 e. The Morgan fingerprint density at radius 1 is 0.552 bits per heavy atom. The van der Waals surface area contributed by atoms with Crippen molar-refractivity contribution < 1.29 is 4.74 Å². The maximum atomic E-state index is 6.82. The molecule has 0 fully saturated rings. The number of hydrogen-bond donors (Lipinski definition) is 0. The van der Waals surface area contributed by atoms with Crippen molar-refractivity contribution in [3.05, 3.63) is 144 Å². The fourth-order valence-electron chi connectivity index (χ4n) is 4.07. The molecule has 0 spiro atoms. The maximum absolute atomic E-state index is 6.82. The first-order valence-corrected chi connectivity index (χ1v) is 9.86. The van der Waals surface area contributed by atoms with Gasteiger partial charge in [0.25, 0.3) is 0 Å². The fourth-order valence-corrected chi connectivity index (χ4v) is 4.07. The molecule has 1 atom stereocenters. The quantitative estimate of drug-likeness (QED) is 0.419. The van der Waals surface area contributed by atoms with Gasteiger partial charge in [0.05, 0.1) is 0 Å². The number of ether oxygens (including phenoxy) is 1. The van der Waals surface area contributed by atoms with Gasteiger partial charge < -0.3 is 4.74 Å². The highest BCUT2D eigenvalue weighted by atomic mass is 16.5. The fraction of sp³-hybridized carbons (Fsp3) is 0.0741. The second-order valence-corrected chi connectivity index (χ2v) is 7.18. The summed E-state index contributed by atoms with van der Waals surface area (Å²) in [7, 11) is 0. The highest BCUT2D eigenvalue weighted by Crippen LogP contribution is 2.50. The van der Waals surface area contributed by atoms with Gasteiger partial charge in [-0.25, -0.2) is 4.99 Å². The van der Waals surface area contributed by atoms with E-state index in [0.717, 1.165) is 22.3 Å². The lowest BCUT2D eigenvalue weighted by molar-refractivity contribution is 0.0980. The Bertz CT molecular complexity index is 1070. The first-order valence-electron chi connectivity index (χ1n) is 9.86. The molecule has 0 N–H and O–H groups in total. The Morgan fingerprint density at radius 3 is 1.52 bits per heavy atom. The van der Waals surface area contributed by atoms with E-state index >= 15 is 0 Å². The van der Waals surface area contributed by atoms with E-state index in [0.29, 0.717) is 5.90 Å². The molecule has 0 amide bonds. The molecule has 0 aliphatic carbocycles. The zero-order chi connectivity index (χ0) is 19.5. The van der Waals surface area contributed by atoms with Gasteiger partial charge in [-0.15, -0.1) is 0 Å². The highest BCUT2D eigenvalue weighted by Gasteiger charge is 2.50. The summed E-state index contributed by atoms with van der Waals surface area (Å²) in [5.41, 5.74) is 3.58. The van der Waals surface area contributed by atoms with Crippen LogP contribution in [0.25, 0.3) is 0 Å². The van der Waals surface area contributed by atoms with Crippen LogP contribution in [0.2, 0.25) is 0 Å². The van der Waals surface area contributed by atoms with Crippen LogP contribution in [0, 0.1) is 0 Å². The summed E-state index contributed by atoms with van der Waals surface area (Å²) >= 11 is 0. The predicted molar refractivity (Wildman–Crippen MR) is 117 cm³/mol. The van der Waals surface area contributed by atoms with Gasteiger partial charge in [0, 0.05) is 16.7 Å². The first-order chi connectivity index (χ1) is 14.4. The first kappa shape index (κ1) is 17.4. The van der Waals surface area contributed by atoms with Gasteiger partial charge in [-0.2, -0.15) is 0 Å². The molecule has 140 valence electrons. The molecule has 1 heterocycles. The largest absolute Gasteiger partial charge is 0.458 e. The molecule has 0 saturated heterocycles. The molecule has 1 aliphatic rings. The van der Waals surface area contributed by atoms with Crippen LogP contribution in [0.1, 0.15) is 28.3 Å². The molecule has 0 bridgehead atoms. The molecule has 2 nitrogen and oxygen atoms in total. The van der Waals surface area contributed by atoms with Gasteiger partial charge in [-0.3, -0.25) is 0 Å². The SMILES string of the molecule is c1ccc(C2=N[C@@H](c3ccccc3)C(c3ccccc3)(c3ccccc3)O2)cc1. The minimum atomic E-state index is -0.727. The average molecular weight is 375 g/mol. The average Bonchev–Trinajstić information content (AvgIpc) is 3.23. The normalized spacial score (nSPS) is 17.4. The van der Waals surface area contributed by atoms with Gasteiger partial charge in [-0.05, 0) is 17.7 Å². The van der Waals surface area contributed by atoms with Crippen LogP contribution in [0.5, 0.6) is 0 Å². The lowest BCUT2D eigenvalue weighted by Crippen LogP contribution is -2.34. The smallest absolute Gasteiger partial charge is 0.218 e. The van der Waals surface area contributed by atoms with E-state index in [1.165, 1.54) is 0 Å². The van der Waals surface area contributed by atoms with Gasteiger partial charge in [-0.1, -0.05) is 109 Å². The molecular formula is C27H21NO. The molecule has 0 saturated carbocycles. The summed E-state index contributed by atoms with van der Waals surface area (Å²) in [6.45, 7) is 0. The van der Waals surface area contributed by atoms with Crippen LogP contribution < -0.4 is 0 Å². The second-order valence-electron chi connectivity index (χ2n) is 7.18. The van der Waals surface area contributed by atoms with E-state index in [4.69, 9.17) is 9.73 Å². The van der Waals surface area contributed by atoms with E-state index in [2.05, 4.69) is 72.8 Å². The van der Waals surface area contributed by atoms with E-state index in [1.54, 1.807) is 0 Å². The van der Waals surface area contributed by atoms with E-state index in [9.17, 15) is 0 Å². The highest BCUT2D eigenvalue weighted by molar-refractivity contribution is 5.96. The maximum Gasteiger partial charge on any atom is 0.218 e. The number of benzene rings is 4. The monoisotopic (exact) mass is 375 g/mol. The Balaban J connectivity index is 1.76. The minimum absolute atomic E-state index is 0.191. The summed E-state index contributed by atoms with van der Waals surface area (Å²) in [6.07, 6.45) is 0. The molecule has 5 rings (SSSR count). The van der Waals surface area contributed by atoms with Crippen molar-refractivity contribution in [2.75, 3.05) is 0 Å². The number of aliphatic imine (C=N–C) groups is 1. The third-order valence-corrected chi connectivity index (χ3v) is 5.43. The summed E-state index contributed by atoms with van der Waals surface area (Å²) < 4.78 is 6.82. The van der Waals surface area contributed by atoms with Crippen LogP contribution >= 0.6 is 0 Å². The van der Waals surface area contributed by atoms with Crippen LogP contribution in [-0.2, 0) is 10.3 Å². The predicted octanol–water partition coefficient (Wildman–Crippen LogP) is 6.15. The molecule has 1 aliphatic heterocycles. The van der Waals surface area contributed by atoms with Crippen molar-refractivity contribution in [1.82, 2.24) is 0 Å². The van der Waals surface area contributed by atoms with Gasteiger partial charge >= 0.3 is 0 Å². The lowest BCUT2D eigenvalue weighted by Gasteiger charge is -2.35. The molecule has 0 radical (unpaired) electrons. The summed E-state index contributed by atoms with van der Waals surface area (Å²) in [4.78, 5) is 5.13. The number of rotatable bonds is 4. The zero-order valence-electron chi connectivity index (χ0n) is 16.0. The Morgan fingerprint density at radius 2 is 1.00 bits per heavy atom. The molecule has 0 unspecified atom stereocenters. The van der Waals surface area contributed by atoms with Crippen molar-refractivity contribution >= 4 is 5.90 Å². The molecule has 29 heavy (non-hydrogen) atoms. The van der Waals surface area contributed by atoms with Gasteiger partial charge in [0.2, 0.25) is 5.90 Å². The second kappa shape index (κ2) is 7.40. The molecule has 4 aromatic carbocycles. The Kier molecular flexibility index (Phi) is 4.45. The Labute approximate surface area is 171 Å². The topological polar surface area (TPSA) is 21.6 Å². The van der Waals surface area contributed by atoms with Crippen molar-refractivity contribution in [3.8, 4) is 0 Å². The van der Waals surface area contributed by atoms with Gasteiger partial charge in [0.15, 0.2) is 5.60 Å². The van der Waals surface area contributed by atoms with Crippen LogP contribution in [-0.4, -0.2) is 5.90 Å². The van der Waals surface area contributed by atoms with Crippen LogP contribution in [0.15, 0.2) is 126 Å². The lowest BCUT2D eigenvalue weighted by atomic mass is 9.78. The molecular weight excluding hydrogens is 354 g/mol. The van der Waals surface area contributed by atoms with Gasteiger partial charge in [0.1, 0.15) is 6.04 Å². The summed E-state index contributed by atoms with van der Waals surface area (Å²) in [6, 6.07) is 41.2. The Hall–Kier alpha value is -3.65. The third-order valence-electron chi connectivity index (χ3n) is 5.43. The summed E-state index contributed by atoms with van der Waals surface area (Å²) in [5.74, 6) is 0.673. The third kappa shape index (κ3) is 3.03. The number of nitrogens with zero attached hydrogens (tertiary/aromatic N) is 1.